The van der Waals surface area contributed by atoms with Crippen LogP contribution in [0, 0.1) is 6.92 Å². The summed E-state index contributed by atoms with van der Waals surface area (Å²) in [5.74, 6) is 0. The molecule has 0 aliphatic carbocycles. The molecule has 3 heterocycles. The summed E-state index contributed by atoms with van der Waals surface area (Å²) in [7, 11) is 0. The number of pyridine rings is 3. The molecule has 0 aliphatic heterocycles. The van der Waals surface area contributed by atoms with Gasteiger partial charge in [-0.1, -0.05) is 18.2 Å². The van der Waals surface area contributed by atoms with Crippen molar-refractivity contribution in [3.05, 3.63) is 76.3 Å². The Kier molecular flexibility index (Phi) is 4.59. The summed E-state index contributed by atoms with van der Waals surface area (Å²) in [4.78, 5) is 13.7. The molecule has 0 fully saturated rings. The largest absolute Gasteiger partial charge is 0.251 e. The van der Waals surface area contributed by atoms with E-state index in [1.165, 1.54) is 0 Å². The minimum atomic E-state index is 0.864. The molecule has 3 aromatic heterocycles. The molecule has 0 bridgehead atoms. The first-order valence-electron chi connectivity index (χ1n) is 7.22. The maximum atomic E-state index is 4.72. The number of aryl methyl sites for hydroxylation is 3. The summed E-state index contributed by atoms with van der Waals surface area (Å²) in [5.41, 5.74) is 4.96. The fourth-order valence-corrected chi connectivity index (χ4v) is 2.67. The summed E-state index contributed by atoms with van der Waals surface area (Å²) >= 11 is 3.40. The molecule has 0 aromatic carbocycles. The average molecular weight is 354 g/mol. The van der Waals surface area contributed by atoms with Crippen molar-refractivity contribution in [2.75, 3.05) is 0 Å². The van der Waals surface area contributed by atoms with Gasteiger partial charge in [0.15, 0.2) is 0 Å². The molecule has 0 N–H and O–H groups in total. The Bertz CT molecular complexity index is 787. The molecule has 3 rings (SSSR count). The molecule has 3 aromatic rings. The fourth-order valence-electron chi connectivity index (χ4n) is 2.29. The van der Waals surface area contributed by atoms with E-state index in [0.717, 1.165) is 45.9 Å². The summed E-state index contributed by atoms with van der Waals surface area (Å²) in [5, 5.41) is 0. The summed E-state index contributed by atoms with van der Waals surface area (Å²) in [6, 6.07) is 18.1. The number of rotatable bonds is 4. The van der Waals surface area contributed by atoms with Crippen LogP contribution in [0.1, 0.15) is 17.1 Å². The van der Waals surface area contributed by atoms with Crippen molar-refractivity contribution in [2.24, 2.45) is 0 Å². The van der Waals surface area contributed by atoms with E-state index in [1.54, 1.807) is 0 Å². The van der Waals surface area contributed by atoms with Crippen LogP contribution in [0.25, 0.3) is 11.4 Å². The first-order chi connectivity index (χ1) is 10.7. The summed E-state index contributed by atoms with van der Waals surface area (Å²) < 4.78 is 0.871. The lowest BCUT2D eigenvalue weighted by Gasteiger charge is -2.05. The third-order valence-corrected chi connectivity index (χ3v) is 3.81. The van der Waals surface area contributed by atoms with Crippen molar-refractivity contribution < 1.29 is 0 Å². The van der Waals surface area contributed by atoms with Gasteiger partial charge in [-0.2, -0.15) is 0 Å². The van der Waals surface area contributed by atoms with Crippen LogP contribution in [0.3, 0.4) is 0 Å². The Morgan fingerprint density at radius 2 is 1.32 bits per heavy atom. The molecule has 4 heteroatoms. The van der Waals surface area contributed by atoms with Crippen molar-refractivity contribution in [3.63, 3.8) is 0 Å². The number of halogens is 1. The van der Waals surface area contributed by atoms with Crippen LogP contribution in [0.15, 0.2) is 59.2 Å². The highest BCUT2D eigenvalue weighted by Crippen LogP contribution is 2.16. The van der Waals surface area contributed by atoms with Crippen LogP contribution in [0.2, 0.25) is 0 Å². The average Bonchev–Trinajstić information content (AvgIpc) is 2.53. The Labute approximate surface area is 138 Å². The molecule has 0 atom stereocenters. The molecule has 0 saturated carbocycles. The summed E-state index contributed by atoms with van der Waals surface area (Å²) in [6.45, 7) is 1.99. The predicted octanol–water partition coefficient (Wildman–Crippen LogP) is 4.39. The van der Waals surface area contributed by atoms with Gasteiger partial charge in [0.1, 0.15) is 4.60 Å². The zero-order valence-corrected chi connectivity index (χ0v) is 13.9. The van der Waals surface area contributed by atoms with Crippen LogP contribution in [-0.4, -0.2) is 15.0 Å². The third kappa shape index (κ3) is 3.77. The number of hydrogen-bond donors (Lipinski definition) is 0. The lowest BCUT2D eigenvalue weighted by atomic mass is 10.1. The first-order valence-corrected chi connectivity index (χ1v) is 8.01. The van der Waals surface area contributed by atoms with E-state index >= 15 is 0 Å². The molecule has 0 aliphatic rings. The standard InChI is InChI=1S/C18H16BrN3/c1-13-5-2-8-16(20-13)17-9-3-6-14(21-17)11-12-15-7-4-10-18(19)22-15/h2-10H,11-12H2,1H3. The molecular weight excluding hydrogens is 338 g/mol. The van der Waals surface area contributed by atoms with E-state index < -0.39 is 0 Å². The summed E-state index contributed by atoms with van der Waals surface area (Å²) in [6.07, 6.45) is 1.74. The second kappa shape index (κ2) is 6.79. The predicted molar refractivity (Wildman–Crippen MR) is 91.6 cm³/mol. The SMILES string of the molecule is Cc1cccc(-c2cccc(CCc3cccc(Br)n3)n2)n1. The molecule has 0 amide bonds. The molecule has 0 saturated heterocycles. The Hall–Kier alpha value is -2.07. The molecule has 22 heavy (non-hydrogen) atoms. The topological polar surface area (TPSA) is 38.7 Å². The van der Waals surface area contributed by atoms with Gasteiger partial charge in [-0.25, -0.2) is 4.98 Å². The number of nitrogens with zero attached hydrogens (tertiary/aromatic N) is 3. The van der Waals surface area contributed by atoms with Crippen LogP contribution < -0.4 is 0 Å². The highest BCUT2D eigenvalue weighted by molar-refractivity contribution is 9.10. The van der Waals surface area contributed by atoms with Crippen LogP contribution >= 0.6 is 15.9 Å². The van der Waals surface area contributed by atoms with Crippen molar-refractivity contribution in [2.45, 2.75) is 19.8 Å². The van der Waals surface area contributed by atoms with Gasteiger partial charge in [0.2, 0.25) is 0 Å². The van der Waals surface area contributed by atoms with Gasteiger partial charge < -0.3 is 0 Å². The van der Waals surface area contributed by atoms with E-state index in [4.69, 9.17) is 4.98 Å². The third-order valence-electron chi connectivity index (χ3n) is 3.37. The monoisotopic (exact) mass is 353 g/mol. The molecule has 0 spiro atoms. The minimum Gasteiger partial charge on any atom is -0.251 e. The van der Waals surface area contributed by atoms with E-state index in [2.05, 4.69) is 32.0 Å². The number of hydrogen-bond acceptors (Lipinski definition) is 3. The van der Waals surface area contributed by atoms with Crippen molar-refractivity contribution in [3.8, 4) is 11.4 Å². The van der Waals surface area contributed by atoms with E-state index in [-0.39, 0.29) is 0 Å². The van der Waals surface area contributed by atoms with Gasteiger partial charge in [-0.3, -0.25) is 9.97 Å². The number of aromatic nitrogens is 3. The van der Waals surface area contributed by atoms with Gasteiger partial charge in [0.25, 0.3) is 0 Å². The van der Waals surface area contributed by atoms with E-state index in [9.17, 15) is 0 Å². The molecule has 0 unspecified atom stereocenters. The van der Waals surface area contributed by atoms with Crippen molar-refractivity contribution in [1.82, 2.24) is 15.0 Å². The Balaban J connectivity index is 1.77. The highest BCUT2D eigenvalue weighted by atomic mass is 79.9. The minimum absolute atomic E-state index is 0.864. The Morgan fingerprint density at radius 3 is 2.00 bits per heavy atom. The molecule has 3 nitrogen and oxygen atoms in total. The quantitative estimate of drug-likeness (QED) is 0.652. The molecule has 0 radical (unpaired) electrons. The first kappa shape index (κ1) is 14.9. The van der Waals surface area contributed by atoms with Crippen LogP contribution in [0.4, 0.5) is 0 Å². The molecular formula is C18H16BrN3. The van der Waals surface area contributed by atoms with E-state index in [1.807, 2.05) is 55.5 Å². The van der Waals surface area contributed by atoms with Gasteiger partial charge in [0, 0.05) is 17.1 Å². The van der Waals surface area contributed by atoms with Crippen molar-refractivity contribution >= 4 is 15.9 Å². The second-order valence-electron chi connectivity index (χ2n) is 5.13. The molecule has 110 valence electrons. The fraction of sp³-hybridized carbons (Fsp3) is 0.167. The van der Waals surface area contributed by atoms with E-state index in [0.29, 0.717) is 0 Å². The lowest BCUT2D eigenvalue weighted by Crippen LogP contribution is -1.98. The van der Waals surface area contributed by atoms with Gasteiger partial charge in [-0.15, -0.1) is 0 Å². The smallest absolute Gasteiger partial charge is 0.106 e. The second-order valence-corrected chi connectivity index (χ2v) is 5.94. The maximum Gasteiger partial charge on any atom is 0.106 e. The van der Waals surface area contributed by atoms with Crippen LogP contribution in [0.5, 0.6) is 0 Å². The van der Waals surface area contributed by atoms with Gasteiger partial charge in [-0.05, 0) is 72.1 Å². The zero-order chi connectivity index (χ0) is 15.4. The van der Waals surface area contributed by atoms with Gasteiger partial charge >= 0.3 is 0 Å². The highest BCUT2D eigenvalue weighted by Gasteiger charge is 2.04. The van der Waals surface area contributed by atoms with Crippen molar-refractivity contribution in [1.29, 1.82) is 0 Å². The normalized spacial score (nSPS) is 10.6. The Morgan fingerprint density at radius 1 is 0.727 bits per heavy atom. The van der Waals surface area contributed by atoms with Gasteiger partial charge in [0.05, 0.1) is 11.4 Å². The zero-order valence-electron chi connectivity index (χ0n) is 12.3. The lowest BCUT2D eigenvalue weighted by molar-refractivity contribution is 0.876. The maximum absolute atomic E-state index is 4.72. The van der Waals surface area contributed by atoms with Crippen LogP contribution in [-0.2, 0) is 12.8 Å².